The molecule has 1 aromatic heterocycles. The van der Waals surface area contributed by atoms with Crippen LogP contribution in [-0.4, -0.2) is 25.5 Å². The minimum absolute atomic E-state index is 0. The fourth-order valence-electron chi connectivity index (χ4n) is 2.15. The molecular formula is C18H20BrNO4. The second-order valence-electron chi connectivity index (χ2n) is 5.06. The van der Waals surface area contributed by atoms with E-state index in [1.807, 2.05) is 6.92 Å². The van der Waals surface area contributed by atoms with Gasteiger partial charge in [-0.3, -0.25) is 4.79 Å². The van der Waals surface area contributed by atoms with Gasteiger partial charge < -0.3 is 26.5 Å². The van der Waals surface area contributed by atoms with Crippen molar-refractivity contribution in [3.8, 4) is 5.75 Å². The number of rotatable bonds is 6. The van der Waals surface area contributed by atoms with Crippen LogP contribution in [0.25, 0.3) is 0 Å². The summed E-state index contributed by atoms with van der Waals surface area (Å²) in [6.07, 6.45) is 1.65. The molecular weight excluding hydrogens is 374 g/mol. The fraction of sp³-hybridized carbons (Fsp3) is 0.278. The first kappa shape index (κ1) is 19.8. The van der Waals surface area contributed by atoms with Crippen molar-refractivity contribution in [3.63, 3.8) is 0 Å². The largest absolute Gasteiger partial charge is 1.00 e. The Morgan fingerprint density at radius 1 is 1.04 bits per heavy atom. The van der Waals surface area contributed by atoms with E-state index >= 15 is 0 Å². The lowest BCUT2D eigenvalue weighted by Crippen LogP contribution is -3.00. The van der Waals surface area contributed by atoms with Gasteiger partial charge in [-0.25, -0.2) is 4.79 Å². The number of aromatic nitrogens is 1. The Morgan fingerprint density at radius 3 is 2.25 bits per heavy atom. The third-order valence-corrected chi connectivity index (χ3v) is 3.49. The highest BCUT2D eigenvalue weighted by Gasteiger charge is 2.18. The van der Waals surface area contributed by atoms with Crippen molar-refractivity contribution in [2.45, 2.75) is 20.4 Å². The summed E-state index contributed by atoms with van der Waals surface area (Å²) in [4.78, 5) is 24.2. The van der Waals surface area contributed by atoms with Gasteiger partial charge in [-0.15, -0.1) is 0 Å². The summed E-state index contributed by atoms with van der Waals surface area (Å²) in [6, 6.07) is 10.5. The number of carbonyl (C=O) groups excluding carboxylic acids is 2. The van der Waals surface area contributed by atoms with Crippen LogP contribution in [0.4, 0.5) is 0 Å². The third kappa shape index (κ3) is 4.89. The number of Topliss-reactive ketones (excluding diaryl/α,β-unsaturated/α-hetero) is 1. The molecule has 24 heavy (non-hydrogen) atoms. The average molecular weight is 394 g/mol. The number of carbonyl (C=O) groups is 2. The summed E-state index contributed by atoms with van der Waals surface area (Å²) >= 11 is 0. The summed E-state index contributed by atoms with van der Waals surface area (Å²) in [6.45, 7) is 4.12. The molecule has 0 aliphatic carbocycles. The number of esters is 1. The Balaban J connectivity index is 0.00000288. The quantitative estimate of drug-likeness (QED) is 0.372. The van der Waals surface area contributed by atoms with Gasteiger partial charge in [-0.05, 0) is 37.3 Å². The van der Waals surface area contributed by atoms with Crippen LogP contribution < -0.4 is 26.3 Å². The van der Waals surface area contributed by atoms with Crippen LogP contribution in [0, 0.1) is 6.92 Å². The molecule has 128 valence electrons. The number of pyridine rings is 1. The van der Waals surface area contributed by atoms with E-state index in [9.17, 15) is 9.59 Å². The predicted molar refractivity (Wildman–Crippen MR) is 84.7 cm³/mol. The van der Waals surface area contributed by atoms with Crippen molar-refractivity contribution >= 4 is 11.8 Å². The van der Waals surface area contributed by atoms with Crippen molar-refractivity contribution in [1.82, 2.24) is 0 Å². The number of benzene rings is 1. The number of nitrogens with zero attached hydrogens (tertiary/aromatic N) is 1. The Bertz CT molecular complexity index is 713. The van der Waals surface area contributed by atoms with E-state index in [0.29, 0.717) is 23.5 Å². The van der Waals surface area contributed by atoms with Crippen LogP contribution in [0.2, 0.25) is 0 Å². The summed E-state index contributed by atoms with van der Waals surface area (Å²) in [5, 5.41) is 0. The molecule has 0 bridgehead atoms. The highest BCUT2D eigenvalue weighted by molar-refractivity contribution is 5.95. The second kappa shape index (κ2) is 9.17. The Kier molecular flexibility index (Phi) is 7.58. The van der Waals surface area contributed by atoms with Gasteiger partial charge >= 0.3 is 5.97 Å². The maximum absolute atomic E-state index is 12.4. The highest BCUT2D eigenvalue weighted by Crippen LogP contribution is 2.12. The zero-order valence-electron chi connectivity index (χ0n) is 13.9. The van der Waals surface area contributed by atoms with Gasteiger partial charge in [0.15, 0.2) is 11.9 Å². The van der Waals surface area contributed by atoms with E-state index in [4.69, 9.17) is 9.47 Å². The molecule has 0 fully saturated rings. The normalized spacial score (nSPS) is 9.79. The van der Waals surface area contributed by atoms with Gasteiger partial charge in [0.25, 0.3) is 0 Å². The molecule has 1 aromatic carbocycles. The SMILES string of the molecule is CCOC(=O)c1ccc(C)[n+](CC(=O)c2ccc(OC)cc2)c1.[Br-]. The maximum atomic E-state index is 12.4. The van der Waals surface area contributed by atoms with Gasteiger partial charge in [-0.2, -0.15) is 4.57 Å². The smallest absolute Gasteiger partial charge is 0.344 e. The van der Waals surface area contributed by atoms with Gasteiger partial charge in [0, 0.05) is 18.6 Å². The second-order valence-corrected chi connectivity index (χ2v) is 5.06. The van der Waals surface area contributed by atoms with E-state index in [-0.39, 0.29) is 29.3 Å². The molecule has 5 nitrogen and oxygen atoms in total. The molecule has 2 aromatic rings. The van der Waals surface area contributed by atoms with Crippen LogP contribution in [0.15, 0.2) is 42.6 Å². The summed E-state index contributed by atoms with van der Waals surface area (Å²) in [5.41, 5.74) is 1.92. The first-order valence-electron chi connectivity index (χ1n) is 7.39. The van der Waals surface area contributed by atoms with Crippen molar-refractivity contribution in [3.05, 3.63) is 59.4 Å². The van der Waals surface area contributed by atoms with Crippen LogP contribution in [-0.2, 0) is 11.3 Å². The van der Waals surface area contributed by atoms with Crippen molar-refractivity contribution < 1.29 is 40.6 Å². The maximum Gasteiger partial charge on any atom is 0.344 e. The number of hydrogen-bond donors (Lipinski definition) is 0. The van der Waals surface area contributed by atoms with E-state index in [1.54, 1.807) is 61.2 Å². The van der Waals surface area contributed by atoms with Crippen molar-refractivity contribution in [2.75, 3.05) is 13.7 Å². The topological polar surface area (TPSA) is 56.5 Å². The number of methoxy groups -OCH3 is 1. The zero-order valence-corrected chi connectivity index (χ0v) is 15.5. The van der Waals surface area contributed by atoms with Crippen molar-refractivity contribution in [2.24, 2.45) is 0 Å². The van der Waals surface area contributed by atoms with E-state index < -0.39 is 5.97 Å². The number of hydrogen-bond acceptors (Lipinski definition) is 4. The molecule has 0 N–H and O–H groups in total. The molecule has 0 aliphatic heterocycles. The van der Waals surface area contributed by atoms with Crippen LogP contribution in [0.5, 0.6) is 5.75 Å². The van der Waals surface area contributed by atoms with E-state index in [2.05, 4.69) is 0 Å². The van der Waals surface area contributed by atoms with Crippen LogP contribution in [0.1, 0.15) is 33.3 Å². The minimum Gasteiger partial charge on any atom is -1.00 e. The minimum atomic E-state index is -0.391. The summed E-state index contributed by atoms with van der Waals surface area (Å²) in [5.74, 6) is 0.273. The highest BCUT2D eigenvalue weighted by atomic mass is 79.9. The molecule has 2 rings (SSSR count). The molecule has 0 radical (unpaired) electrons. The van der Waals surface area contributed by atoms with Gasteiger partial charge in [0.1, 0.15) is 11.3 Å². The number of ketones is 1. The molecule has 0 spiro atoms. The average Bonchev–Trinajstić information content (AvgIpc) is 2.57. The number of ether oxygens (including phenoxy) is 2. The fourth-order valence-corrected chi connectivity index (χ4v) is 2.15. The molecule has 1 heterocycles. The molecule has 0 aliphatic rings. The Morgan fingerprint density at radius 2 is 1.67 bits per heavy atom. The molecule has 0 unspecified atom stereocenters. The molecule has 0 amide bonds. The third-order valence-electron chi connectivity index (χ3n) is 3.49. The number of aryl methyl sites for hydroxylation is 1. The van der Waals surface area contributed by atoms with E-state index in [0.717, 1.165) is 5.69 Å². The number of halogens is 1. The lowest BCUT2D eigenvalue weighted by Gasteiger charge is -2.05. The standard InChI is InChI=1S/C18H20NO4.BrH/c1-4-23-18(21)15-6-5-13(2)19(11-15)12-17(20)14-7-9-16(22-3)10-8-14;/h5-11H,4,12H2,1-3H3;1H/q+1;/p-1. The molecule has 0 atom stereocenters. The van der Waals surface area contributed by atoms with E-state index in [1.165, 1.54) is 0 Å². The molecule has 0 saturated heterocycles. The Hall–Kier alpha value is -2.21. The van der Waals surface area contributed by atoms with Gasteiger partial charge in [-0.1, -0.05) is 0 Å². The summed E-state index contributed by atoms with van der Waals surface area (Å²) in [7, 11) is 1.58. The Labute approximate surface area is 152 Å². The van der Waals surface area contributed by atoms with Crippen LogP contribution in [0.3, 0.4) is 0 Å². The monoisotopic (exact) mass is 393 g/mol. The van der Waals surface area contributed by atoms with Gasteiger partial charge in [0.05, 0.1) is 13.7 Å². The first-order valence-corrected chi connectivity index (χ1v) is 7.39. The zero-order chi connectivity index (χ0) is 16.8. The van der Waals surface area contributed by atoms with Crippen LogP contribution >= 0.6 is 0 Å². The first-order chi connectivity index (χ1) is 11.0. The predicted octanol–water partition coefficient (Wildman–Crippen LogP) is -0.645. The summed E-state index contributed by atoms with van der Waals surface area (Å²) < 4.78 is 11.8. The van der Waals surface area contributed by atoms with Gasteiger partial charge in [0.2, 0.25) is 12.3 Å². The van der Waals surface area contributed by atoms with Crippen molar-refractivity contribution in [1.29, 1.82) is 0 Å². The lowest BCUT2D eigenvalue weighted by molar-refractivity contribution is -0.689. The molecule has 0 saturated carbocycles. The molecule has 6 heteroatoms. The lowest BCUT2D eigenvalue weighted by atomic mass is 10.1.